The Labute approximate surface area is 183 Å². The van der Waals surface area contributed by atoms with Crippen LogP contribution in [0.3, 0.4) is 0 Å². The molecule has 0 unspecified atom stereocenters. The largest absolute Gasteiger partial charge is 0.362 e. The van der Waals surface area contributed by atoms with Gasteiger partial charge in [0.2, 0.25) is 5.91 Å². The zero-order chi connectivity index (χ0) is 21.8. The number of benzene rings is 1. The van der Waals surface area contributed by atoms with Crippen molar-refractivity contribution in [1.29, 1.82) is 0 Å². The highest BCUT2D eigenvalue weighted by atomic mass is 32.1. The Bertz CT molecular complexity index is 1030. The number of rotatable bonds is 8. The summed E-state index contributed by atoms with van der Waals surface area (Å²) in [4.78, 5) is 28.6. The van der Waals surface area contributed by atoms with Gasteiger partial charge < -0.3 is 14.7 Å². The zero-order valence-corrected chi connectivity index (χ0v) is 19.6. The van der Waals surface area contributed by atoms with Crippen molar-refractivity contribution in [1.82, 2.24) is 19.8 Å². The second kappa shape index (κ2) is 9.53. The Hall–Kier alpha value is -2.51. The molecule has 30 heavy (non-hydrogen) atoms. The number of thiazole rings is 1. The third-order valence-electron chi connectivity index (χ3n) is 5.06. The average molecular weight is 426 g/mol. The molecule has 1 amide bonds. The third kappa shape index (κ3) is 5.34. The van der Waals surface area contributed by atoms with Gasteiger partial charge in [0.15, 0.2) is 0 Å². The summed E-state index contributed by atoms with van der Waals surface area (Å²) in [6.07, 6.45) is 0.329. The van der Waals surface area contributed by atoms with Crippen molar-refractivity contribution in [3.8, 4) is 0 Å². The van der Waals surface area contributed by atoms with Crippen LogP contribution in [-0.4, -0.2) is 67.0 Å². The zero-order valence-electron chi connectivity index (χ0n) is 18.8. The van der Waals surface area contributed by atoms with Crippen LogP contribution in [0.15, 0.2) is 29.6 Å². The SMILES string of the molecule is Cc1nc(CC(=O)N(CCN(C)C)Cc2cc3cccc(C)c3nc2N(C)C)cs1. The Balaban J connectivity index is 1.93. The number of pyridine rings is 1. The van der Waals surface area contributed by atoms with Crippen LogP contribution in [0.25, 0.3) is 10.9 Å². The first-order valence-electron chi connectivity index (χ1n) is 10.1. The first kappa shape index (κ1) is 22.2. The van der Waals surface area contributed by atoms with Crippen LogP contribution < -0.4 is 4.90 Å². The first-order valence-corrected chi connectivity index (χ1v) is 11.0. The van der Waals surface area contributed by atoms with Gasteiger partial charge in [-0.3, -0.25) is 4.79 Å². The molecule has 2 heterocycles. The van der Waals surface area contributed by atoms with Gasteiger partial charge in [-0.15, -0.1) is 11.3 Å². The van der Waals surface area contributed by atoms with E-state index in [4.69, 9.17) is 4.98 Å². The highest BCUT2D eigenvalue weighted by Crippen LogP contribution is 2.26. The molecule has 0 N–H and O–H groups in total. The molecule has 0 aliphatic rings. The molecule has 0 aliphatic heterocycles. The number of nitrogens with zero attached hydrogens (tertiary/aromatic N) is 5. The monoisotopic (exact) mass is 425 g/mol. The van der Waals surface area contributed by atoms with Crippen LogP contribution in [0.2, 0.25) is 0 Å². The highest BCUT2D eigenvalue weighted by Gasteiger charge is 2.19. The lowest BCUT2D eigenvalue weighted by Crippen LogP contribution is -2.37. The van der Waals surface area contributed by atoms with E-state index >= 15 is 0 Å². The van der Waals surface area contributed by atoms with Crippen molar-refractivity contribution >= 4 is 34.0 Å². The highest BCUT2D eigenvalue weighted by molar-refractivity contribution is 7.09. The number of amides is 1. The quantitative estimate of drug-likeness (QED) is 0.553. The van der Waals surface area contributed by atoms with Gasteiger partial charge in [-0.1, -0.05) is 18.2 Å². The van der Waals surface area contributed by atoms with Crippen LogP contribution in [-0.2, 0) is 17.8 Å². The van der Waals surface area contributed by atoms with Crippen molar-refractivity contribution in [3.63, 3.8) is 0 Å². The van der Waals surface area contributed by atoms with E-state index in [2.05, 4.69) is 41.1 Å². The fraction of sp³-hybridized carbons (Fsp3) is 0.435. The minimum Gasteiger partial charge on any atom is -0.362 e. The van der Waals surface area contributed by atoms with Crippen molar-refractivity contribution in [2.75, 3.05) is 46.2 Å². The van der Waals surface area contributed by atoms with Crippen LogP contribution >= 0.6 is 11.3 Å². The number of hydrogen-bond donors (Lipinski definition) is 0. The summed E-state index contributed by atoms with van der Waals surface area (Å²) in [5, 5.41) is 4.07. The van der Waals surface area contributed by atoms with Crippen LogP contribution in [0.1, 0.15) is 21.8 Å². The number of aromatic nitrogens is 2. The van der Waals surface area contributed by atoms with Gasteiger partial charge in [-0.2, -0.15) is 0 Å². The van der Waals surface area contributed by atoms with Crippen LogP contribution in [0.5, 0.6) is 0 Å². The third-order valence-corrected chi connectivity index (χ3v) is 5.88. The number of likely N-dealkylation sites (N-methyl/N-ethyl adjacent to an activating group) is 1. The van der Waals surface area contributed by atoms with Gasteiger partial charge in [0.05, 0.1) is 22.6 Å². The fourth-order valence-corrected chi connectivity index (χ4v) is 4.07. The van der Waals surface area contributed by atoms with Crippen molar-refractivity contribution in [2.24, 2.45) is 0 Å². The number of para-hydroxylation sites is 1. The summed E-state index contributed by atoms with van der Waals surface area (Å²) in [6.45, 7) is 6.04. The van der Waals surface area contributed by atoms with E-state index in [-0.39, 0.29) is 5.91 Å². The van der Waals surface area contributed by atoms with Crippen LogP contribution in [0, 0.1) is 13.8 Å². The summed E-state index contributed by atoms with van der Waals surface area (Å²) in [5.41, 5.74) is 4.06. The smallest absolute Gasteiger partial charge is 0.228 e. The number of aryl methyl sites for hydroxylation is 2. The molecule has 0 spiro atoms. The number of fused-ring (bicyclic) bond motifs is 1. The van der Waals surface area contributed by atoms with Gasteiger partial charge in [-0.25, -0.2) is 9.97 Å². The van der Waals surface area contributed by atoms with E-state index in [0.717, 1.165) is 45.1 Å². The Morgan fingerprint density at radius 3 is 2.47 bits per heavy atom. The number of anilines is 1. The van der Waals surface area contributed by atoms with E-state index in [1.165, 1.54) is 0 Å². The molecule has 160 valence electrons. The molecular weight excluding hydrogens is 394 g/mol. The summed E-state index contributed by atoms with van der Waals surface area (Å²) in [5.74, 6) is 1.00. The van der Waals surface area contributed by atoms with E-state index in [0.29, 0.717) is 19.5 Å². The molecular formula is C23H31N5OS. The second-order valence-corrected chi connectivity index (χ2v) is 9.23. The maximum atomic E-state index is 13.2. The molecule has 0 aliphatic carbocycles. The van der Waals surface area contributed by atoms with Crippen LogP contribution in [0.4, 0.5) is 5.82 Å². The van der Waals surface area contributed by atoms with Gasteiger partial charge in [0, 0.05) is 50.1 Å². The van der Waals surface area contributed by atoms with Gasteiger partial charge >= 0.3 is 0 Å². The van der Waals surface area contributed by atoms with Gasteiger partial charge in [0.25, 0.3) is 0 Å². The lowest BCUT2D eigenvalue weighted by Gasteiger charge is -2.27. The van der Waals surface area contributed by atoms with Crippen molar-refractivity contribution in [3.05, 3.63) is 51.5 Å². The van der Waals surface area contributed by atoms with E-state index < -0.39 is 0 Å². The molecule has 0 saturated heterocycles. The lowest BCUT2D eigenvalue weighted by atomic mass is 10.1. The topological polar surface area (TPSA) is 52.6 Å². The minimum absolute atomic E-state index is 0.0937. The molecule has 3 rings (SSSR count). The average Bonchev–Trinajstić information content (AvgIpc) is 3.09. The molecule has 1 aromatic carbocycles. The van der Waals surface area contributed by atoms with Gasteiger partial charge in [-0.05, 0) is 39.6 Å². The Kier molecular flexibility index (Phi) is 7.05. The number of carbonyl (C=O) groups is 1. The molecule has 0 bridgehead atoms. The molecule has 0 fully saturated rings. The minimum atomic E-state index is 0.0937. The molecule has 0 atom stereocenters. The lowest BCUT2D eigenvalue weighted by molar-refractivity contribution is -0.131. The predicted octanol–water partition coefficient (Wildman–Crippen LogP) is 3.51. The normalized spacial score (nSPS) is 11.3. The fourth-order valence-electron chi connectivity index (χ4n) is 3.46. The maximum absolute atomic E-state index is 13.2. The molecule has 0 saturated carbocycles. The van der Waals surface area contributed by atoms with Gasteiger partial charge in [0.1, 0.15) is 5.82 Å². The summed E-state index contributed by atoms with van der Waals surface area (Å²) in [6, 6.07) is 8.39. The van der Waals surface area contributed by atoms with Crippen molar-refractivity contribution < 1.29 is 4.79 Å². The van der Waals surface area contributed by atoms with Crippen molar-refractivity contribution in [2.45, 2.75) is 26.8 Å². The van der Waals surface area contributed by atoms with E-state index in [1.54, 1.807) is 11.3 Å². The predicted molar refractivity (Wildman–Crippen MR) is 125 cm³/mol. The number of carbonyl (C=O) groups excluding carboxylic acids is 1. The van der Waals surface area contributed by atoms with E-state index in [1.807, 2.05) is 50.3 Å². The van der Waals surface area contributed by atoms with E-state index in [9.17, 15) is 4.79 Å². The summed E-state index contributed by atoms with van der Waals surface area (Å²) >= 11 is 1.58. The molecule has 0 radical (unpaired) electrons. The summed E-state index contributed by atoms with van der Waals surface area (Å²) < 4.78 is 0. The first-order chi connectivity index (χ1) is 14.2. The molecule has 3 aromatic rings. The Morgan fingerprint density at radius 1 is 1.07 bits per heavy atom. The molecule has 7 heteroatoms. The number of hydrogen-bond acceptors (Lipinski definition) is 6. The second-order valence-electron chi connectivity index (χ2n) is 8.17. The maximum Gasteiger partial charge on any atom is 0.228 e. The summed E-state index contributed by atoms with van der Waals surface area (Å²) in [7, 11) is 8.05. The standard InChI is InChI=1S/C23H31N5OS/c1-16-8-7-9-18-12-19(23(27(5)6)25-22(16)18)14-28(11-10-26(3)4)21(29)13-20-15-30-17(2)24-20/h7-9,12,15H,10-11,13-14H2,1-6H3. The molecule has 2 aromatic heterocycles. The Morgan fingerprint density at radius 2 is 1.83 bits per heavy atom. The molecule has 6 nitrogen and oxygen atoms in total.